The Morgan fingerprint density at radius 1 is 1.41 bits per heavy atom. The van der Waals surface area contributed by atoms with Gasteiger partial charge in [-0.15, -0.1) is 5.10 Å². The highest BCUT2D eigenvalue weighted by Gasteiger charge is 2.12. The third kappa shape index (κ3) is 2.25. The van der Waals surface area contributed by atoms with Crippen LogP contribution in [-0.4, -0.2) is 20.1 Å². The number of hydrogen-bond donors (Lipinski definition) is 1. The van der Waals surface area contributed by atoms with Crippen molar-refractivity contribution in [3.05, 3.63) is 39.6 Å². The molecule has 0 saturated carbocycles. The van der Waals surface area contributed by atoms with E-state index in [9.17, 15) is 5.11 Å². The maximum atomic E-state index is 9.18. The van der Waals surface area contributed by atoms with Crippen LogP contribution in [-0.2, 0) is 13.0 Å². The van der Waals surface area contributed by atoms with Gasteiger partial charge in [-0.3, -0.25) is 0 Å². The van der Waals surface area contributed by atoms with E-state index in [-0.39, 0.29) is 6.61 Å². The van der Waals surface area contributed by atoms with Gasteiger partial charge in [0.2, 0.25) is 0 Å². The zero-order valence-electron chi connectivity index (χ0n) is 9.81. The third-order valence-electron chi connectivity index (χ3n) is 2.73. The molecule has 0 spiro atoms. The molecule has 4 nitrogen and oxygen atoms in total. The minimum Gasteiger partial charge on any atom is -0.390 e. The summed E-state index contributed by atoms with van der Waals surface area (Å²) in [6.07, 6.45) is 0.786. The van der Waals surface area contributed by atoms with Gasteiger partial charge in [0.05, 0.1) is 18.0 Å². The summed E-state index contributed by atoms with van der Waals surface area (Å²) in [5, 5.41) is 17.2. The molecule has 0 amide bonds. The molecule has 0 unspecified atom stereocenters. The highest BCUT2D eigenvalue weighted by molar-refractivity contribution is 9.10. The Morgan fingerprint density at radius 3 is 2.76 bits per heavy atom. The minimum atomic E-state index is -0.0732. The van der Waals surface area contributed by atoms with Gasteiger partial charge in [0, 0.05) is 4.47 Å². The lowest BCUT2D eigenvalue weighted by molar-refractivity contribution is 0.275. The largest absolute Gasteiger partial charge is 0.390 e. The van der Waals surface area contributed by atoms with Gasteiger partial charge in [-0.25, -0.2) is 4.68 Å². The molecular formula is C12H14BrN3O. The second kappa shape index (κ2) is 4.98. The summed E-state index contributed by atoms with van der Waals surface area (Å²) in [5.74, 6) is 0. The number of nitrogens with zero attached hydrogens (tertiary/aromatic N) is 3. The summed E-state index contributed by atoms with van der Waals surface area (Å²) in [6.45, 7) is 3.99. The number of aliphatic hydroxyl groups is 1. The first kappa shape index (κ1) is 12.3. The van der Waals surface area contributed by atoms with Crippen molar-refractivity contribution < 1.29 is 5.11 Å². The Morgan fingerprint density at radius 2 is 2.18 bits per heavy atom. The summed E-state index contributed by atoms with van der Waals surface area (Å²) in [7, 11) is 0. The average molecular weight is 296 g/mol. The van der Waals surface area contributed by atoms with Crippen molar-refractivity contribution in [3.63, 3.8) is 0 Å². The van der Waals surface area contributed by atoms with Crippen molar-refractivity contribution in [1.82, 2.24) is 15.0 Å². The first-order valence-electron chi connectivity index (χ1n) is 5.48. The fourth-order valence-electron chi connectivity index (χ4n) is 1.73. The second-order valence-corrected chi connectivity index (χ2v) is 4.69. The van der Waals surface area contributed by atoms with E-state index in [4.69, 9.17) is 0 Å². The molecule has 1 N–H and O–H groups in total. The van der Waals surface area contributed by atoms with Gasteiger partial charge in [-0.1, -0.05) is 34.1 Å². The van der Waals surface area contributed by atoms with Gasteiger partial charge in [0.25, 0.3) is 0 Å². The van der Waals surface area contributed by atoms with Crippen molar-refractivity contribution >= 4 is 15.9 Å². The second-order valence-electron chi connectivity index (χ2n) is 3.84. The number of rotatable bonds is 3. The maximum absolute atomic E-state index is 9.18. The fraction of sp³-hybridized carbons (Fsp3) is 0.333. The topological polar surface area (TPSA) is 50.9 Å². The molecule has 1 aromatic heterocycles. The van der Waals surface area contributed by atoms with E-state index in [2.05, 4.69) is 26.2 Å². The fourth-order valence-corrected chi connectivity index (χ4v) is 2.10. The highest BCUT2D eigenvalue weighted by Crippen LogP contribution is 2.21. The van der Waals surface area contributed by atoms with E-state index in [1.165, 1.54) is 5.56 Å². The number of benzene rings is 1. The van der Waals surface area contributed by atoms with Crippen molar-refractivity contribution in [2.75, 3.05) is 0 Å². The van der Waals surface area contributed by atoms with Crippen LogP contribution in [0.1, 0.15) is 23.9 Å². The van der Waals surface area contributed by atoms with Crippen LogP contribution in [0.4, 0.5) is 0 Å². The van der Waals surface area contributed by atoms with E-state index < -0.39 is 0 Å². The van der Waals surface area contributed by atoms with Crippen LogP contribution in [0.25, 0.3) is 5.69 Å². The molecule has 0 atom stereocenters. The Kier molecular flexibility index (Phi) is 3.59. The highest BCUT2D eigenvalue weighted by atomic mass is 79.9. The molecule has 17 heavy (non-hydrogen) atoms. The van der Waals surface area contributed by atoms with Crippen LogP contribution in [0.5, 0.6) is 0 Å². The Balaban J connectivity index is 2.52. The number of aliphatic hydroxyl groups excluding tert-OH is 1. The van der Waals surface area contributed by atoms with E-state index in [0.717, 1.165) is 22.3 Å². The number of hydrogen-bond acceptors (Lipinski definition) is 3. The summed E-state index contributed by atoms with van der Waals surface area (Å²) in [6, 6.07) is 6.03. The van der Waals surface area contributed by atoms with Gasteiger partial charge in [0.1, 0.15) is 5.69 Å². The monoisotopic (exact) mass is 295 g/mol. The van der Waals surface area contributed by atoms with E-state index in [1.54, 1.807) is 4.68 Å². The van der Waals surface area contributed by atoms with Gasteiger partial charge in [-0.05, 0) is 31.0 Å². The van der Waals surface area contributed by atoms with Gasteiger partial charge in [-0.2, -0.15) is 0 Å². The van der Waals surface area contributed by atoms with Gasteiger partial charge < -0.3 is 5.11 Å². The first-order valence-corrected chi connectivity index (χ1v) is 6.27. The molecule has 0 fully saturated rings. The lowest BCUT2D eigenvalue weighted by Crippen LogP contribution is -2.03. The molecule has 0 saturated heterocycles. The molecule has 0 bridgehead atoms. The van der Waals surface area contributed by atoms with E-state index >= 15 is 0 Å². The number of halogens is 1. The van der Waals surface area contributed by atoms with Gasteiger partial charge in [0.15, 0.2) is 0 Å². The molecule has 0 aliphatic carbocycles. The predicted octanol–water partition coefficient (Wildman–Crippen LogP) is 2.39. The van der Waals surface area contributed by atoms with Crippen molar-refractivity contribution in [3.8, 4) is 5.69 Å². The predicted molar refractivity (Wildman–Crippen MR) is 69.1 cm³/mol. The molecule has 1 aromatic carbocycles. The van der Waals surface area contributed by atoms with E-state index in [1.807, 2.05) is 32.0 Å². The molecular weight excluding hydrogens is 282 g/mol. The number of aryl methyl sites for hydroxylation is 1. The lowest BCUT2D eigenvalue weighted by Gasteiger charge is -2.07. The quantitative estimate of drug-likeness (QED) is 0.946. The summed E-state index contributed by atoms with van der Waals surface area (Å²) in [4.78, 5) is 0. The lowest BCUT2D eigenvalue weighted by atomic mass is 10.2. The van der Waals surface area contributed by atoms with Crippen LogP contribution in [0.2, 0.25) is 0 Å². The van der Waals surface area contributed by atoms with Crippen LogP contribution >= 0.6 is 15.9 Å². The standard InChI is InChI=1S/C12H14BrN3O/c1-3-12-11(7-17)14-15-16(12)9-5-4-8(2)10(13)6-9/h4-6,17H,3,7H2,1-2H3. The van der Waals surface area contributed by atoms with Crippen molar-refractivity contribution in [2.24, 2.45) is 0 Å². The molecule has 90 valence electrons. The molecule has 0 radical (unpaired) electrons. The SMILES string of the molecule is CCc1c(CO)nnn1-c1ccc(C)c(Br)c1. The molecule has 0 aliphatic rings. The molecule has 2 rings (SSSR count). The van der Waals surface area contributed by atoms with Gasteiger partial charge >= 0.3 is 0 Å². The van der Waals surface area contributed by atoms with Crippen LogP contribution < -0.4 is 0 Å². The zero-order chi connectivity index (χ0) is 12.4. The van der Waals surface area contributed by atoms with Crippen molar-refractivity contribution in [1.29, 1.82) is 0 Å². The average Bonchev–Trinajstić information content (AvgIpc) is 2.75. The van der Waals surface area contributed by atoms with Crippen LogP contribution in [0.15, 0.2) is 22.7 Å². The third-order valence-corrected chi connectivity index (χ3v) is 3.58. The molecule has 0 aliphatic heterocycles. The maximum Gasteiger partial charge on any atom is 0.112 e. The Bertz CT molecular complexity index is 537. The molecule has 2 aromatic rings. The normalized spacial score (nSPS) is 10.8. The smallest absolute Gasteiger partial charge is 0.112 e. The van der Waals surface area contributed by atoms with E-state index in [0.29, 0.717) is 5.69 Å². The summed E-state index contributed by atoms with van der Waals surface area (Å²) < 4.78 is 2.81. The zero-order valence-corrected chi connectivity index (χ0v) is 11.4. The molecule has 1 heterocycles. The minimum absolute atomic E-state index is 0.0732. The molecule has 5 heteroatoms. The van der Waals surface area contributed by atoms with Crippen LogP contribution in [0.3, 0.4) is 0 Å². The van der Waals surface area contributed by atoms with Crippen LogP contribution in [0, 0.1) is 6.92 Å². The first-order chi connectivity index (χ1) is 8.17. The Hall–Kier alpha value is -1.20. The van der Waals surface area contributed by atoms with Crippen molar-refractivity contribution in [2.45, 2.75) is 26.9 Å². The summed E-state index contributed by atoms with van der Waals surface area (Å²) >= 11 is 3.50. The summed E-state index contributed by atoms with van der Waals surface area (Å²) in [5.41, 5.74) is 3.72. The number of aromatic nitrogens is 3. The Labute approximate surface area is 108 Å².